The van der Waals surface area contributed by atoms with Crippen molar-refractivity contribution >= 4 is 6.21 Å². The first-order valence-corrected chi connectivity index (χ1v) is 5.75. The summed E-state index contributed by atoms with van der Waals surface area (Å²) in [7, 11) is 0. The molecule has 0 radical (unpaired) electrons. The van der Waals surface area contributed by atoms with Crippen LogP contribution < -0.4 is 0 Å². The van der Waals surface area contributed by atoms with Gasteiger partial charge in [0.05, 0.1) is 6.04 Å². The summed E-state index contributed by atoms with van der Waals surface area (Å²) < 4.78 is 0. The van der Waals surface area contributed by atoms with E-state index in [0.29, 0.717) is 6.04 Å². The molecule has 0 spiro atoms. The van der Waals surface area contributed by atoms with E-state index in [1.807, 2.05) is 0 Å². The molecule has 0 fully saturated rings. The Morgan fingerprint density at radius 3 is 2.47 bits per heavy atom. The van der Waals surface area contributed by atoms with Crippen molar-refractivity contribution in [3.8, 4) is 0 Å². The Labute approximate surface area is 92.3 Å². The molecular formula is C14H19N. The maximum Gasteiger partial charge on any atom is 0.0686 e. The van der Waals surface area contributed by atoms with E-state index in [4.69, 9.17) is 0 Å². The van der Waals surface area contributed by atoms with Crippen molar-refractivity contribution in [1.82, 2.24) is 0 Å². The average Bonchev–Trinajstić information content (AvgIpc) is 2.74. The van der Waals surface area contributed by atoms with Crippen LogP contribution in [0.4, 0.5) is 0 Å². The lowest BCUT2D eigenvalue weighted by Crippen LogP contribution is -1.93. The van der Waals surface area contributed by atoms with Crippen LogP contribution in [0.3, 0.4) is 0 Å². The van der Waals surface area contributed by atoms with Gasteiger partial charge in [-0.05, 0) is 50.3 Å². The molecule has 15 heavy (non-hydrogen) atoms. The van der Waals surface area contributed by atoms with Crippen LogP contribution in [0, 0.1) is 0 Å². The van der Waals surface area contributed by atoms with Crippen molar-refractivity contribution in [2.24, 2.45) is 4.99 Å². The number of aliphatic imine (C=N–C) groups is 1. The zero-order valence-corrected chi connectivity index (χ0v) is 10.1. The van der Waals surface area contributed by atoms with Crippen molar-refractivity contribution < 1.29 is 0 Å². The average molecular weight is 201 g/mol. The molecule has 1 heterocycles. The number of allylic oxidation sites excluding steroid dienone is 5. The van der Waals surface area contributed by atoms with Gasteiger partial charge in [-0.1, -0.05) is 24.1 Å². The highest BCUT2D eigenvalue weighted by atomic mass is 14.8. The Kier molecular flexibility index (Phi) is 2.64. The molecule has 1 aliphatic heterocycles. The minimum Gasteiger partial charge on any atom is -0.285 e. The highest BCUT2D eigenvalue weighted by Crippen LogP contribution is 2.36. The van der Waals surface area contributed by atoms with Crippen molar-refractivity contribution in [3.63, 3.8) is 0 Å². The number of nitrogens with zero attached hydrogens (tertiary/aromatic N) is 1. The van der Waals surface area contributed by atoms with E-state index in [-0.39, 0.29) is 0 Å². The SMILES string of the molecule is CCC1C=C(C2=C(C)CC(C)=C2C)C=N1. The summed E-state index contributed by atoms with van der Waals surface area (Å²) in [5, 5.41) is 0. The molecule has 2 aliphatic rings. The maximum atomic E-state index is 4.50. The van der Waals surface area contributed by atoms with Crippen molar-refractivity contribution in [3.05, 3.63) is 33.9 Å². The second-order valence-electron chi connectivity index (χ2n) is 4.61. The third kappa shape index (κ3) is 1.71. The summed E-state index contributed by atoms with van der Waals surface area (Å²) in [4.78, 5) is 4.50. The van der Waals surface area contributed by atoms with Crippen molar-refractivity contribution in [1.29, 1.82) is 0 Å². The molecule has 0 aromatic rings. The number of hydrogen-bond donors (Lipinski definition) is 0. The normalized spacial score (nSPS) is 25.6. The van der Waals surface area contributed by atoms with Gasteiger partial charge < -0.3 is 0 Å². The standard InChI is InChI=1S/C14H19N/c1-5-13-7-12(8-15-13)14-10(3)6-9(2)11(14)4/h7-8,13H,5-6H2,1-4H3. The first kappa shape index (κ1) is 10.4. The Hall–Kier alpha value is -1.11. The summed E-state index contributed by atoms with van der Waals surface area (Å²) in [5.74, 6) is 0. The molecule has 0 aromatic carbocycles. The molecule has 0 aromatic heterocycles. The first-order chi connectivity index (χ1) is 7.13. The molecule has 1 atom stereocenters. The van der Waals surface area contributed by atoms with Gasteiger partial charge in [-0.3, -0.25) is 4.99 Å². The van der Waals surface area contributed by atoms with Crippen molar-refractivity contribution in [2.45, 2.75) is 46.6 Å². The Bertz CT molecular complexity index is 405. The molecule has 1 unspecified atom stereocenters. The third-order valence-corrected chi connectivity index (χ3v) is 3.46. The topological polar surface area (TPSA) is 12.4 Å². The van der Waals surface area contributed by atoms with Gasteiger partial charge in [0.25, 0.3) is 0 Å². The van der Waals surface area contributed by atoms with E-state index in [9.17, 15) is 0 Å². The van der Waals surface area contributed by atoms with Crippen molar-refractivity contribution in [2.75, 3.05) is 0 Å². The lowest BCUT2D eigenvalue weighted by Gasteiger charge is -2.05. The van der Waals surface area contributed by atoms with Gasteiger partial charge >= 0.3 is 0 Å². The fourth-order valence-electron chi connectivity index (χ4n) is 2.46. The van der Waals surface area contributed by atoms with Crippen LogP contribution in [0.1, 0.15) is 40.5 Å². The molecule has 0 saturated heterocycles. The summed E-state index contributed by atoms with van der Waals surface area (Å²) in [6, 6.07) is 0.411. The smallest absolute Gasteiger partial charge is 0.0686 e. The van der Waals surface area contributed by atoms with Crippen LogP contribution in [-0.4, -0.2) is 12.3 Å². The largest absolute Gasteiger partial charge is 0.285 e. The van der Waals surface area contributed by atoms with Crippen LogP contribution in [0.25, 0.3) is 0 Å². The zero-order chi connectivity index (χ0) is 11.0. The van der Waals surface area contributed by atoms with Crippen LogP contribution in [0.15, 0.2) is 38.9 Å². The predicted octanol–water partition coefficient (Wildman–Crippen LogP) is 3.83. The minimum atomic E-state index is 0.411. The van der Waals surface area contributed by atoms with E-state index in [2.05, 4.69) is 45.0 Å². The van der Waals surface area contributed by atoms with Gasteiger partial charge in [0.1, 0.15) is 0 Å². The quantitative estimate of drug-likeness (QED) is 0.644. The molecule has 0 amide bonds. The molecule has 1 heteroatoms. The Morgan fingerprint density at radius 2 is 2.00 bits per heavy atom. The van der Waals surface area contributed by atoms with E-state index in [1.165, 1.54) is 27.9 Å². The second-order valence-corrected chi connectivity index (χ2v) is 4.61. The molecule has 0 saturated carbocycles. The molecule has 0 bridgehead atoms. The summed E-state index contributed by atoms with van der Waals surface area (Å²) >= 11 is 0. The fourth-order valence-corrected chi connectivity index (χ4v) is 2.46. The van der Waals surface area contributed by atoms with Gasteiger partial charge in [-0.25, -0.2) is 0 Å². The number of hydrogen-bond acceptors (Lipinski definition) is 1. The molecular weight excluding hydrogens is 182 g/mol. The molecule has 1 aliphatic carbocycles. The van der Waals surface area contributed by atoms with Gasteiger partial charge in [0.15, 0.2) is 0 Å². The highest BCUT2D eigenvalue weighted by Gasteiger charge is 2.21. The molecule has 2 rings (SSSR count). The fraction of sp³-hybridized carbons (Fsp3) is 0.500. The van der Waals surface area contributed by atoms with Gasteiger partial charge in [-0.2, -0.15) is 0 Å². The summed E-state index contributed by atoms with van der Waals surface area (Å²) in [5.41, 5.74) is 7.26. The maximum absolute atomic E-state index is 4.50. The van der Waals surface area contributed by atoms with Crippen LogP contribution in [0.2, 0.25) is 0 Å². The van der Waals surface area contributed by atoms with Gasteiger partial charge in [0.2, 0.25) is 0 Å². The molecule has 1 nitrogen and oxygen atoms in total. The van der Waals surface area contributed by atoms with Gasteiger partial charge in [0, 0.05) is 6.21 Å². The lowest BCUT2D eigenvalue weighted by atomic mass is 9.98. The van der Waals surface area contributed by atoms with E-state index in [1.54, 1.807) is 0 Å². The van der Waals surface area contributed by atoms with E-state index < -0.39 is 0 Å². The monoisotopic (exact) mass is 201 g/mol. The summed E-state index contributed by atoms with van der Waals surface area (Å²) in [6.45, 7) is 8.89. The van der Waals surface area contributed by atoms with Crippen LogP contribution in [-0.2, 0) is 0 Å². The predicted molar refractivity (Wildman–Crippen MR) is 66.3 cm³/mol. The second kappa shape index (κ2) is 3.80. The number of rotatable bonds is 2. The highest BCUT2D eigenvalue weighted by molar-refractivity contribution is 5.90. The zero-order valence-electron chi connectivity index (χ0n) is 10.1. The van der Waals surface area contributed by atoms with Crippen LogP contribution in [0.5, 0.6) is 0 Å². The third-order valence-electron chi connectivity index (χ3n) is 3.46. The Morgan fingerprint density at radius 1 is 1.27 bits per heavy atom. The van der Waals surface area contributed by atoms with E-state index >= 15 is 0 Å². The molecule has 0 N–H and O–H groups in total. The lowest BCUT2D eigenvalue weighted by molar-refractivity contribution is 0.797. The first-order valence-electron chi connectivity index (χ1n) is 5.75. The molecule has 80 valence electrons. The minimum absolute atomic E-state index is 0.411. The Balaban J connectivity index is 2.34. The van der Waals surface area contributed by atoms with Crippen LogP contribution >= 0.6 is 0 Å². The summed E-state index contributed by atoms with van der Waals surface area (Å²) in [6.07, 6.45) is 6.60. The van der Waals surface area contributed by atoms with Gasteiger partial charge in [-0.15, -0.1) is 0 Å². The van der Waals surface area contributed by atoms with E-state index in [0.717, 1.165) is 12.8 Å².